The van der Waals surface area contributed by atoms with E-state index in [1.807, 2.05) is 17.9 Å². The SMILES string of the molecule is C[C@@H](NC(=O)c1cncc(C2=CCN(C(=O)C3COC3)CC2)c1)c1ccc(-c2cc(C(F)(F)F)ccc2CN)cc1. The predicted octanol–water partition coefficient (Wildman–Crippen LogP) is 4.98. The van der Waals surface area contributed by atoms with Crippen LogP contribution in [0.4, 0.5) is 13.2 Å². The largest absolute Gasteiger partial charge is 0.416 e. The number of carbonyl (C=O) groups is 2. The maximum atomic E-state index is 13.3. The van der Waals surface area contributed by atoms with E-state index in [0.717, 1.165) is 28.8 Å². The van der Waals surface area contributed by atoms with E-state index in [9.17, 15) is 22.8 Å². The van der Waals surface area contributed by atoms with Crippen molar-refractivity contribution < 1.29 is 27.5 Å². The minimum atomic E-state index is -4.45. The molecule has 0 radical (unpaired) electrons. The van der Waals surface area contributed by atoms with Gasteiger partial charge in [-0.25, -0.2) is 0 Å². The zero-order valence-electron chi connectivity index (χ0n) is 22.6. The molecule has 0 spiro atoms. The first-order valence-corrected chi connectivity index (χ1v) is 13.5. The summed E-state index contributed by atoms with van der Waals surface area (Å²) in [6.07, 6.45) is 1.44. The van der Waals surface area contributed by atoms with Crippen molar-refractivity contribution in [3.05, 3.63) is 94.8 Å². The molecule has 2 amide bonds. The number of nitrogens with one attached hydrogen (secondary N) is 1. The molecule has 1 fully saturated rings. The lowest BCUT2D eigenvalue weighted by molar-refractivity contribution is -0.149. The lowest BCUT2D eigenvalue weighted by Gasteiger charge is -2.33. The Balaban J connectivity index is 1.25. The Labute approximate surface area is 236 Å². The maximum Gasteiger partial charge on any atom is 0.416 e. The Kier molecular flexibility index (Phi) is 8.23. The van der Waals surface area contributed by atoms with Crippen molar-refractivity contribution in [2.24, 2.45) is 11.7 Å². The van der Waals surface area contributed by atoms with Gasteiger partial charge in [0.25, 0.3) is 5.91 Å². The second kappa shape index (κ2) is 11.8. The second-order valence-electron chi connectivity index (χ2n) is 10.4. The molecule has 2 aliphatic rings. The summed E-state index contributed by atoms with van der Waals surface area (Å²) in [5.74, 6) is -0.215. The van der Waals surface area contributed by atoms with Gasteiger partial charge in [0.15, 0.2) is 0 Å². The second-order valence-corrected chi connectivity index (χ2v) is 10.4. The van der Waals surface area contributed by atoms with Crippen LogP contribution in [-0.4, -0.2) is 48.0 Å². The van der Waals surface area contributed by atoms with Crippen LogP contribution in [0, 0.1) is 5.92 Å². The van der Waals surface area contributed by atoms with Crippen molar-refractivity contribution in [1.82, 2.24) is 15.2 Å². The van der Waals surface area contributed by atoms with Crippen molar-refractivity contribution in [2.45, 2.75) is 32.1 Å². The monoisotopic (exact) mass is 564 g/mol. The summed E-state index contributed by atoms with van der Waals surface area (Å²) in [4.78, 5) is 31.6. The highest BCUT2D eigenvalue weighted by molar-refractivity contribution is 5.95. The van der Waals surface area contributed by atoms with Gasteiger partial charge in [-0.2, -0.15) is 13.2 Å². The third-order valence-electron chi connectivity index (χ3n) is 7.61. The molecule has 214 valence electrons. The molecule has 7 nitrogen and oxygen atoms in total. The zero-order valence-corrected chi connectivity index (χ0v) is 22.6. The van der Waals surface area contributed by atoms with Gasteiger partial charge in [-0.15, -0.1) is 0 Å². The minimum absolute atomic E-state index is 0.0409. The number of carbonyl (C=O) groups excluding carboxylic acids is 2. The van der Waals surface area contributed by atoms with E-state index < -0.39 is 11.7 Å². The van der Waals surface area contributed by atoms with Crippen LogP contribution in [0.3, 0.4) is 0 Å². The molecule has 1 aromatic heterocycles. The Bertz CT molecular complexity index is 1470. The fraction of sp³-hybridized carbons (Fsp3) is 0.323. The fourth-order valence-corrected chi connectivity index (χ4v) is 5.02. The molecule has 0 unspecified atom stereocenters. The Hall–Kier alpha value is -4.02. The van der Waals surface area contributed by atoms with E-state index in [1.54, 1.807) is 36.5 Å². The lowest BCUT2D eigenvalue weighted by Crippen LogP contribution is -2.46. The van der Waals surface area contributed by atoms with E-state index in [0.29, 0.717) is 55.0 Å². The molecule has 0 bridgehead atoms. The molecule has 3 aromatic rings. The van der Waals surface area contributed by atoms with Gasteiger partial charge in [-0.3, -0.25) is 14.6 Å². The summed E-state index contributed by atoms with van der Waals surface area (Å²) in [6, 6.07) is 12.0. The third-order valence-corrected chi connectivity index (χ3v) is 7.61. The highest BCUT2D eigenvalue weighted by Crippen LogP contribution is 2.34. The van der Waals surface area contributed by atoms with E-state index in [-0.39, 0.29) is 30.3 Å². The third kappa shape index (κ3) is 6.34. The molecule has 10 heteroatoms. The summed E-state index contributed by atoms with van der Waals surface area (Å²) in [5.41, 5.74) is 9.77. The number of amides is 2. The van der Waals surface area contributed by atoms with Gasteiger partial charge in [-0.1, -0.05) is 36.4 Å². The number of halogens is 3. The number of aromatic nitrogens is 1. The Morgan fingerprint density at radius 3 is 2.46 bits per heavy atom. The van der Waals surface area contributed by atoms with E-state index in [2.05, 4.69) is 10.3 Å². The van der Waals surface area contributed by atoms with E-state index in [1.165, 1.54) is 12.3 Å². The van der Waals surface area contributed by atoms with Crippen LogP contribution in [0.15, 0.2) is 67.0 Å². The standard InChI is InChI=1S/C31H31F3N4O3/c1-19(20-2-4-22(5-3-20)28-13-27(31(32,33)34)7-6-23(28)14-35)37-29(39)25-12-24(15-36-16-25)21-8-10-38(11-9-21)30(40)26-17-41-18-26/h2-8,12-13,15-16,19,26H,9-11,14,17-18,35H2,1H3,(H,37,39)/t19-/m1/s1. The molecule has 0 saturated carbocycles. The smallest absolute Gasteiger partial charge is 0.380 e. The van der Waals surface area contributed by atoms with Crippen molar-refractivity contribution in [3.63, 3.8) is 0 Å². The van der Waals surface area contributed by atoms with Gasteiger partial charge in [0.1, 0.15) is 0 Å². The number of nitrogens with two attached hydrogens (primary N) is 1. The number of hydrogen-bond acceptors (Lipinski definition) is 5. The number of alkyl halides is 3. The topological polar surface area (TPSA) is 97.5 Å². The minimum Gasteiger partial charge on any atom is -0.380 e. The van der Waals surface area contributed by atoms with Crippen LogP contribution < -0.4 is 11.1 Å². The molecule has 1 saturated heterocycles. The molecule has 41 heavy (non-hydrogen) atoms. The number of benzene rings is 2. The van der Waals surface area contributed by atoms with Crippen LogP contribution in [0.2, 0.25) is 0 Å². The Morgan fingerprint density at radius 2 is 1.85 bits per heavy atom. The van der Waals surface area contributed by atoms with Gasteiger partial charge in [-0.05, 0) is 64.9 Å². The van der Waals surface area contributed by atoms with Gasteiger partial charge in [0.2, 0.25) is 5.91 Å². The normalized spacial score (nSPS) is 16.5. The van der Waals surface area contributed by atoms with Crippen LogP contribution >= 0.6 is 0 Å². The Morgan fingerprint density at radius 1 is 1.10 bits per heavy atom. The van der Waals surface area contributed by atoms with Gasteiger partial charge in [0.05, 0.1) is 36.3 Å². The summed E-state index contributed by atoms with van der Waals surface area (Å²) in [5, 5.41) is 2.97. The highest BCUT2D eigenvalue weighted by atomic mass is 19.4. The first kappa shape index (κ1) is 28.5. The average Bonchev–Trinajstić information content (AvgIpc) is 2.95. The molecular weight excluding hydrogens is 533 g/mol. The molecule has 2 aliphatic heterocycles. The molecule has 3 heterocycles. The summed E-state index contributed by atoms with van der Waals surface area (Å²) < 4.78 is 44.9. The highest BCUT2D eigenvalue weighted by Gasteiger charge is 2.32. The summed E-state index contributed by atoms with van der Waals surface area (Å²) in [7, 11) is 0. The van der Waals surface area contributed by atoms with Crippen molar-refractivity contribution in [3.8, 4) is 11.1 Å². The molecule has 2 aromatic carbocycles. The molecule has 0 aliphatic carbocycles. The van der Waals surface area contributed by atoms with Crippen LogP contribution in [-0.2, 0) is 22.3 Å². The van der Waals surface area contributed by atoms with Gasteiger partial charge < -0.3 is 20.7 Å². The quantitative estimate of drug-likeness (QED) is 0.422. The number of nitrogens with zero attached hydrogens (tertiary/aromatic N) is 2. The van der Waals surface area contributed by atoms with E-state index >= 15 is 0 Å². The van der Waals surface area contributed by atoms with Crippen LogP contribution in [0.5, 0.6) is 0 Å². The molecular formula is C31H31F3N4O3. The van der Waals surface area contributed by atoms with Gasteiger partial charge >= 0.3 is 6.18 Å². The van der Waals surface area contributed by atoms with Crippen LogP contribution in [0.25, 0.3) is 16.7 Å². The average molecular weight is 565 g/mol. The molecule has 1 atom stereocenters. The van der Waals surface area contributed by atoms with E-state index in [4.69, 9.17) is 10.5 Å². The zero-order chi connectivity index (χ0) is 29.1. The van der Waals surface area contributed by atoms with Gasteiger partial charge in [0, 0.05) is 32.0 Å². The van der Waals surface area contributed by atoms with Crippen molar-refractivity contribution in [2.75, 3.05) is 26.3 Å². The maximum absolute atomic E-state index is 13.3. The number of ether oxygens (including phenoxy) is 1. The number of hydrogen-bond donors (Lipinski definition) is 2. The fourth-order valence-electron chi connectivity index (χ4n) is 5.02. The predicted molar refractivity (Wildman–Crippen MR) is 148 cm³/mol. The molecule has 3 N–H and O–H groups in total. The first-order chi connectivity index (χ1) is 19.6. The van der Waals surface area contributed by atoms with Crippen LogP contribution in [0.1, 0.15) is 52.0 Å². The molecule has 5 rings (SSSR count). The van der Waals surface area contributed by atoms with Crippen molar-refractivity contribution in [1.29, 1.82) is 0 Å². The number of rotatable bonds is 7. The summed E-state index contributed by atoms with van der Waals surface area (Å²) in [6.45, 7) is 4.04. The lowest BCUT2D eigenvalue weighted by atomic mass is 9.95. The summed E-state index contributed by atoms with van der Waals surface area (Å²) >= 11 is 0. The first-order valence-electron chi connectivity index (χ1n) is 13.5. The number of pyridine rings is 1. The van der Waals surface area contributed by atoms with Crippen molar-refractivity contribution >= 4 is 17.4 Å².